The highest BCUT2D eigenvalue weighted by molar-refractivity contribution is 7.47. The maximum absolute atomic E-state index is 13.5. The molecular weight excluding hydrogens is 916 g/mol. The second-order valence-electron chi connectivity index (χ2n) is 19.8. The van der Waals surface area contributed by atoms with Crippen molar-refractivity contribution in [1.82, 2.24) is 5.32 Å². The third-order valence-electron chi connectivity index (χ3n) is 11.7. The Kier molecular flexibility index (Phi) is 48.4. The zero-order chi connectivity index (χ0) is 52.9. The van der Waals surface area contributed by atoms with Crippen molar-refractivity contribution in [3.8, 4) is 0 Å². The fourth-order valence-corrected chi connectivity index (χ4v) is 8.09. The quantitative estimate of drug-likeness (QED) is 0.0156. The van der Waals surface area contributed by atoms with E-state index in [1.165, 1.54) is 51.4 Å². The summed E-state index contributed by atoms with van der Waals surface area (Å²) in [6.07, 6.45) is 70.6. The van der Waals surface area contributed by atoms with Gasteiger partial charge in [-0.3, -0.25) is 18.6 Å². The summed E-state index contributed by atoms with van der Waals surface area (Å²) in [6.45, 7) is 6.68. The van der Waals surface area contributed by atoms with Crippen molar-refractivity contribution < 1.29 is 37.3 Å². The predicted molar refractivity (Wildman–Crippen MR) is 309 cm³/mol. The summed E-state index contributed by atoms with van der Waals surface area (Å²) in [4.78, 5) is 37.5. The molecule has 0 fully saturated rings. The minimum Gasteiger partial charge on any atom is -0.456 e. The first-order valence-corrected chi connectivity index (χ1v) is 29.9. The lowest BCUT2D eigenvalue weighted by molar-refractivity contribution is -0.870. The van der Waals surface area contributed by atoms with Gasteiger partial charge in [0.2, 0.25) is 5.91 Å². The van der Waals surface area contributed by atoms with Gasteiger partial charge in [0.1, 0.15) is 19.3 Å². The van der Waals surface area contributed by atoms with E-state index in [0.717, 1.165) is 109 Å². The predicted octanol–water partition coefficient (Wildman–Crippen LogP) is 17.2. The molecule has 0 spiro atoms. The van der Waals surface area contributed by atoms with Crippen LogP contribution in [-0.2, 0) is 27.9 Å². The van der Waals surface area contributed by atoms with Gasteiger partial charge in [-0.15, -0.1) is 0 Å². The van der Waals surface area contributed by atoms with Gasteiger partial charge in [0, 0.05) is 12.8 Å². The van der Waals surface area contributed by atoms with Gasteiger partial charge in [-0.05, 0) is 102 Å². The molecule has 72 heavy (non-hydrogen) atoms. The number of rotatable bonds is 49. The summed E-state index contributed by atoms with van der Waals surface area (Å²) in [5.74, 6) is -0.592. The second kappa shape index (κ2) is 50.9. The summed E-state index contributed by atoms with van der Waals surface area (Å²) in [5.41, 5.74) is 0. The van der Waals surface area contributed by atoms with E-state index in [9.17, 15) is 19.0 Å². The Morgan fingerprint density at radius 3 is 1.50 bits per heavy atom. The first-order chi connectivity index (χ1) is 34.9. The molecule has 0 aromatic rings. The fraction of sp³-hybridized carbons (Fsp3) is 0.645. The van der Waals surface area contributed by atoms with E-state index in [-0.39, 0.29) is 31.5 Å². The smallest absolute Gasteiger partial charge is 0.456 e. The Balaban J connectivity index is 5.44. The van der Waals surface area contributed by atoms with Gasteiger partial charge in [0.05, 0.1) is 33.8 Å². The lowest BCUT2D eigenvalue weighted by Gasteiger charge is -2.27. The molecule has 0 aliphatic rings. The molecule has 0 radical (unpaired) electrons. The van der Waals surface area contributed by atoms with Crippen LogP contribution in [0.25, 0.3) is 0 Å². The van der Waals surface area contributed by atoms with Crippen molar-refractivity contribution in [2.75, 3.05) is 40.9 Å². The number of nitrogens with zero attached hydrogens (tertiary/aromatic N) is 1. The summed E-state index contributed by atoms with van der Waals surface area (Å²) in [7, 11) is 1.43. The van der Waals surface area contributed by atoms with E-state index in [1.807, 2.05) is 39.4 Å². The number of ether oxygens (including phenoxy) is 1. The number of hydrogen-bond donors (Lipinski definition) is 2. The Hall–Kier alpha value is -3.59. The molecular formula is C62H106N2O7P+. The molecule has 0 aromatic heterocycles. The number of hydrogen-bond acceptors (Lipinski definition) is 6. The first kappa shape index (κ1) is 68.4. The topological polar surface area (TPSA) is 111 Å². The van der Waals surface area contributed by atoms with Crippen LogP contribution in [-0.4, -0.2) is 74.3 Å². The van der Waals surface area contributed by atoms with Gasteiger partial charge < -0.3 is 19.4 Å². The van der Waals surface area contributed by atoms with Crippen LogP contribution < -0.4 is 5.32 Å². The van der Waals surface area contributed by atoms with E-state index in [0.29, 0.717) is 30.3 Å². The zero-order valence-corrected chi connectivity index (χ0v) is 47.5. The van der Waals surface area contributed by atoms with Gasteiger partial charge in [0.25, 0.3) is 0 Å². The molecule has 9 nitrogen and oxygen atoms in total. The number of phosphoric ester groups is 1. The van der Waals surface area contributed by atoms with Crippen LogP contribution in [0.2, 0.25) is 0 Å². The van der Waals surface area contributed by atoms with Crippen molar-refractivity contribution in [3.63, 3.8) is 0 Å². The van der Waals surface area contributed by atoms with Gasteiger partial charge in [0.15, 0.2) is 0 Å². The third-order valence-corrected chi connectivity index (χ3v) is 12.7. The number of quaternary nitrogens is 1. The SMILES string of the molecule is CC/C=C\C/C=C\C/C=C\C/C=C\C/C=C\C/C=C\CCCCC(=O)OC(/C=C\CCCCCCCCCCCC)C(COP(=O)(O)OCC[N+](C)(C)C)NC(=O)CCCCCCC\C=C/C=C/C=C/CC. The van der Waals surface area contributed by atoms with Crippen LogP contribution in [0.1, 0.15) is 207 Å². The number of carbonyl (C=O) groups is 2. The Morgan fingerprint density at radius 1 is 0.514 bits per heavy atom. The summed E-state index contributed by atoms with van der Waals surface area (Å²) < 4.78 is 30.5. The molecule has 0 aliphatic carbocycles. The number of esters is 1. The molecule has 0 bridgehead atoms. The number of amides is 1. The molecule has 2 N–H and O–H groups in total. The van der Waals surface area contributed by atoms with E-state index in [2.05, 4.69) is 129 Å². The fourth-order valence-electron chi connectivity index (χ4n) is 7.35. The number of carbonyl (C=O) groups excluding carboxylic acids is 2. The normalized spacial score (nSPS) is 14.7. The van der Waals surface area contributed by atoms with Crippen molar-refractivity contribution >= 4 is 19.7 Å². The van der Waals surface area contributed by atoms with Crippen LogP contribution in [0.4, 0.5) is 0 Å². The zero-order valence-electron chi connectivity index (χ0n) is 46.6. The van der Waals surface area contributed by atoms with Crippen molar-refractivity contribution in [1.29, 1.82) is 0 Å². The molecule has 0 aliphatic heterocycles. The number of unbranched alkanes of at least 4 members (excludes halogenated alkanes) is 17. The largest absolute Gasteiger partial charge is 0.472 e. The van der Waals surface area contributed by atoms with Crippen LogP contribution in [0.3, 0.4) is 0 Å². The van der Waals surface area contributed by atoms with E-state index >= 15 is 0 Å². The van der Waals surface area contributed by atoms with Crippen LogP contribution in [0, 0.1) is 0 Å². The number of allylic oxidation sites excluding steroid dienone is 19. The molecule has 0 saturated heterocycles. The third kappa shape index (κ3) is 51.3. The van der Waals surface area contributed by atoms with E-state index in [4.69, 9.17) is 13.8 Å². The molecule has 10 heteroatoms. The maximum Gasteiger partial charge on any atom is 0.472 e. The minimum absolute atomic E-state index is 0.0219. The summed E-state index contributed by atoms with van der Waals surface area (Å²) in [6, 6.07) is -0.884. The highest BCUT2D eigenvalue weighted by atomic mass is 31.2. The molecule has 410 valence electrons. The lowest BCUT2D eigenvalue weighted by Crippen LogP contribution is -2.47. The summed E-state index contributed by atoms with van der Waals surface area (Å²) in [5, 5.41) is 3.02. The minimum atomic E-state index is -4.47. The number of phosphoric acid groups is 1. The monoisotopic (exact) mass is 1020 g/mol. The van der Waals surface area contributed by atoms with Crippen LogP contribution >= 0.6 is 7.82 Å². The Bertz CT molecular complexity index is 1650. The number of likely N-dealkylation sites (N-methyl/N-ethyl adjacent to an activating group) is 1. The molecule has 1 amide bonds. The van der Waals surface area contributed by atoms with Gasteiger partial charge >= 0.3 is 13.8 Å². The molecule has 0 saturated carbocycles. The summed E-state index contributed by atoms with van der Waals surface area (Å²) >= 11 is 0. The van der Waals surface area contributed by atoms with Crippen LogP contribution in [0.15, 0.2) is 122 Å². The maximum atomic E-state index is 13.5. The van der Waals surface area contributed by atoms with Crippen LogP contribution in [0.5, 0.6) is 0 Å². The average molecular weight is 1020 g/mol. The second-order valence-corrected chi connectivity index (χ2v) is 21.2. The van der Waals surface area contributed by atoms with Gasteiger partial charge in [-0.2, -0.15) is 0 Å². The molecule has 3 unspecified atom stereocenters. The first-order valence-electron chi connectivity index (χ1n) is 28.4. The van der Waals surface area contributed by atoms with Crippen molar-refractivity contribution in [3.05, 3.63) is 122 Å². The average Bonchev–Trinajstić information content (AvgIpc) is 3.34. The molecule has 0 aromatic carbocycles. The molecule has 0 rings (SSSR count). The molecule has 0 heterocycles. The standard InChI is InChI=1S/C62H105N2O7P/c1-7-10-13-16-19-22-25-28-29-30-31-32-33-34-35-37-40-43-46-49-52-55-62(66)71-60(53-50-47-44-41-38-27-24-21-18-15-12-9-3)59(58-70-72(67,68)69-57-56-64(4,5)6)63-61(65)54-51-48-45-42-39-36-26-23-20-17-14-11-8-2/h10-11,13-14,17,19-20,22-23,26,28-29,31-32,34-35,40,43,50,53,59-60H,7-9,12,15-16,18,21,24-25,27,30,33,36-39,41-42,44-49,51-52,54-58H2,1-6H3,(H-,63,65,67,68)/p+1/b13-10-,14-11+,20-17+,22-19-,26-23-,29-28-,32-31-,35-34-,43-40-,53-50-. The van der Waals surface area contributed by atoms with Gasteiger partial charge in [-0.1, -0.05) is 213 Å². The Labute approximate surface area is 442 Å². The van der Waals surface area contributed by atoms with E-state index in [1.54, 1.807) is 0 Å². The van der Waals surface area contributed by atoms with Crippen molar-refractivity contribution in [2.24, 2.45) is 0 Å². The highest BCUT2D eigenvalue weighted by Crippen LogP contribution is 2.43. The Morgan fingerprint density at radius 2 is 0.958 bits per heavy atom. The van der Waals surface area contributed by atoms with Gasteiger partial charge in [-0.25, -0.2) is 4.57 Å². The van der Waals surface area contributed by atoms with Crippen molar-refractivity contribution in [2.45, 2.75) is 219 Å². The number of nitrogens with one attached hydrogen (secondary N) is 1. The lowest BCUT2D eigenvalue weighted by atomic mass is 10.0. The highest BCUT2D eigenvalue weighted by Gasteiger charge is 2.30. The van der Waals surface area contributed by atoms with E-state index < -0.39 is 20.0 Å². The molecule has 3 atom stereocenters.